The van der Waals surface area contributed by atoms with Crippen LogP contribution in [0.1, 0.15) is 16.7 Å². The van der Waals surface area contributed by atoms with Gasteiger partial charge in [-0.3, -0.25) is 0 Å². The van der Waals surface area contributed by atoms with E-state index in [4.69, 9.17) is 0 Å². The second-order valence-electron chi connectivity index (χ2n) is 7.20. The van der Waals surface area contributed by atoms with Gasteiger partial charge in [0.15, 0.2) is 0 Å². The van der Waals surface area contributed by atoms with E-state index >= 15 is 0 Å². The number of aromatic nitrogens is 2. The van der Waals surface area contributed by atoms with Gasteiger partial charge in [-0.15, -0.1) is 12.4 Å². The Morgan fingerprint density at radius 1 is 0.964 bits per heavy atom. The van der Waals surface area contributed by atoms with Gasteiger partial charge >= 0.3 is 0 Å². The van der Waals surface area contributed by atoms with Crippen molar-refractivity contribution in [1.82, 2.24) is 15.3 Å². The van der Waals surface area contributed by atoms with Crippen LogP contribution < -0.4 is 5.32 Å². The Hall–Kier alpha value is -2.69. The first-order valence-electron chi connectivity index (χ1n) is 9.28. The number of H-pyrrole nitrogens is 1. The van der Waals surface area contributed by atoms with Crippen LogP contribution in [0, 0.1) is 5.82 Å². The van der Waals surface area contributed by atoms with Crippen molar-refractivity contribution in [3.8, 4) is 11.1 Å². The molecule has 0 saturated heterocycles. The lowest BCUT2D eigenvalue weighted by atomic mass is 10.0. The van der Waals surface area contributed by atoms with Crippen molar-refractivity contribution < 1.29 is 4.39 Å². The van der Waals surface area contributed by atoms with Crippen LogP contribution in [0.25, 0.3) is 22.2 Å². The number of aromatic amines is 1. The number of fused-ring (bicyclic) bond motifs is 2. The van der Waals surface area contributed by atoms with Crippen LogP contribution in [-0.2, 0) is 19.4 Å². The first-order valence-corrected chi connectivity index (χ1v) is 9.28. The largest absolute Gasteiger partial charge is 0.345 e. The first-order chi connectivity index (χ1) is 13.3. The topological polar surface area (TPSA) is 40.7 Å². The molecule has 0 amide bonds. The highest BCUT2D eigenvalue weighted by molar-refractivity contribution is 5.85. The third-order valence-corrected chi connectivity index (χ3v) is 5.44. The predicted octanol–water partition coefficient (Wildman–Crippen LogP) is 5.05. The van der Waals surface area contributed by atoms with Crippen LogP contribution in [0.3, 0.4) is 0 Å². The molecule has 142 valence electrons. The van der Waals surface area contributed by atoms with Gasteiger partial charge < -0.3 is 10.3 Å². The van der Waals surface area contributed by atoms with Crippen LogP contribution >= 0.6 is 12.4 Å². The number of hydrogen-bond acceptors (Lipinski definition) is 2. The minimum Gasteiger partial charge on any atom is -0.345 e. The van der Waals surface area contributed by atoms with Crippen molar-refractivity contribution in [2.45, 2.75) is 25.4 Å². The van der Waals surface area contributed by atoms with Gasteiger partial charge in [0, 0.05) is 18.2 Å². The average Bonchev–Trinajstić information content (AvgIpc) is 3.32. The van der Waals surface area contributed by atoms with Crippen molar-refractivity contribution in [3.05, 3.63) is 89.5 Å². The van der Waals surface area contributed by atoms with Gasteiger partial charge in [0.25, 0.3) is 0 Å². The smallest absolute Gasteiger partial charge is 0.128 e. The molecule has 0 fully saturated rings. The third kappa shape index (κ3) is 3.53. The minimum atomic E-state index is -0.166. The van der Waals surface area contributed by atoms with Crippen molar-refractivity contribution in [2.24, 2.45) is 0 Å². The zero-order chi connectivity index (χ0) is 18.2. The minimum absolute atomic E-state index is 0. The summed E-state index contributed by atoms with van der Waals surface area (Å²) in [5, 5.41) is 3.51. The van der Waals surface area contributed by atoms with Gasteiger partial charge in [0.1, 0.15) is 5.82 Å². The maximum atomic E-state index is 14.7. The summed E-state index contributed by atoms with van der Waals surface area (Å²) in [7, 11) is 0. The number of benzene rings is 3. The van der Waals surface area contributed by atoms with Crippen molar-refractivity contribution in [3.63, 3.8) is 0 Å². The Balaban J connectivity index is 0.00000192. The zero-order valence-corrected chi connectivity index (χ0v) is 16.1. The van der Waals surface area contributed by atoms with Crippen LogP contribution in [0.5, 0.6) is 0 Å². The number of rotatable bonds is 4. The maximum Gasteiger partial charge on any atom is 0.128 e. The average molecular weight is 394 g/mol. The van der Waals surface area contributed by atoms with E-state index in [9.17, 15) is 4.39 Å². The van der Waals surface area contributed by atoms with E-state index in [1.54, 1.807) is 12.4 Å². The molecule has 0 atom stereocenters. The lowest BCUT2D eigenvalue weighted by Gasteiger charge is -2.13. The van der Waals surface area contributed by atoms with E-state index in [1.165, 1.54) is 11.1 Å². The molecule has 2 N–H and O–H groups in total. The molecule has 1 aliphatic rings. The number of hydrogen-bond donors (Lipinski definition) is 2. The molecule has 3 nitrogen and oxygen atoms in total. The van der Waals surface area contributed by atoms with Gasteiger partial charge in [0.2, 0.25) is 0 Å². The summed E-state index contributed by atoms with van der Waals surface area (Å²) in [5.74, 6) is -0.166. The fourth-order valence-electron chi connectivity index (χ4n) is 3.94. The highest BCUT2D eigenvalue weighted by Crippen LogP contribution is 2.26. The Bertz CT molecular complexity index is 1100. The zero-order valence-electron chi connectivity index (χ0n) is 15.3. The fraction of sp³-hybridized carbons (Fsp3) is 0.174. The summed E-state index contributed by atoms with van der Waals surface area (Å²) >= 11 is 0. The molecule has 5 rings (SSSR count). The quantitative estimate of drug-likeness (QED) is 0.509. The molecule has 0 bridgehead atoms. The van der Waals surface area contributed by atoms with E-state index in [0.717, 1.165) is 35.0 Å². The Labute approximate surface area is 169 Å². The van der Waals surface area contributed by atoms with Crippen LogP contribution in [0.15, 0.2) is 67.0 Å². The Morgan fingerprint density at radius 3 is 2.43 bits per heavy atom. The van der Waals surface area contributed by atoms with E-state index in [0.29, 0.717) is 18.2 Å². The molecular weight excluding hydrogens is 373 g/mol. The molecule has 1 heterocycles. The first kappa shape index (κ1) is 18.7. The molecule has 1 aliphatic carbocycles. The normalized spacial score (nSPS) is 13.5. The van der Waals surface area contributed by atoms with Crippen molar-refractivity contribution in [1.29, 1.82) is 0 Å². The lowest BCUT2D eigenvalue weighted by Crippen LogP contribution is -2.29. The molecular formula is C23H21ClFN3. The lowest BCUT2D eigenvalue weighted by molar-refractivity contribution is 0.516. The second kappa shape index (κ2) is 7.74. The molecule has 0 spiro atoms. The van der Waals surface area contributed by atoms with Gasteiger partial charge in [-0.2, -0.15) is 0 Å². The molecule has 0 radical (unpaired) electrons. The predicted molar refractivity (Wildman–Crippen MR) is 113 cm³/mol. The number of halogens is 2. The van der Waals surface area contributed by atoms with E-state index < -0.39 is 0 Å². The summed E-state index contributed by atoms with van der Waals surface area (Å²) in [6, 6.07) is 20.3. The molecule has 0 saturated carbocycles. The summed E-state index contributed by atoms with van der Waals surface area (Å²) in [6.07, 6.45) is 3.70. The molecule has 4 aromatic rings. The SMILES string of the molecule is Cl.Fc1cc(-c2ccc3nc[nH]c3c2)ccc1CNC1Cc2ccccc2C1. The molecule has 0 aliphatic heterocycles. The number of nitrogens with zero attached hydrogens (tertiary/aromatic N) is 1. The number of nitrogens with one attached hydrogen (secondary N) is 2. The van der Waals surface area contributed by atoms with Gasteiger partial charge in [-0.1, -0.05) is 42.5 Å². The van der Waals surface area contributed by atoms with Gasteiger partial charge in [-0.05, 0) is 53.3 Å². The fourth-order valence-corrected chi connectivity index (χ4v) is 3.94. The molecule has 5 heteroatoms. The van der Waals surface area contributed by atoms with Crippen LogP contribution in [0.2, 0.25) is 0 Å². The molecule has 3 aromatic carbocycles. The third-order valence-electron chi connectivity index (χ3n) is 5.44. The second-order valence-corrected chi connectivity index (χ2v) is 7.20. The molecule has 1 aromatic heterocycles. The Kier molecular flexibility index (Phi) is 5.16. The number of imidazole rings is 1. The summed E-state index contributed by atoms with van der Waals surface area (Å²) in [5.41, 5.74) is 7.24. The van der Waals surface area contributed by atoms with Crippen LogP contribution in [-0.4, -0.2) is 16.0 Å². The summed E-state index contributed by atoms with van der Waals surface area (Å²) in [6.45, 7) is 0.546. The maximum absolute atomic E-state index is 14.7. The standard InChI is InChI=1S/C23H20FN3.ClH/c24-21-11-17(18-7-8-22-23(12-18)27-14-26-22)5-6-19(21)13-25-20-9-15-3-1-2-4-16(15)10-20;/h1-8,11-12,14,20,25H,9-10,13H2,(H,26,27);1H. The summed E-state index contributed by atoms with van der Waals surface area (Å²) < 4.78 is 14.7. The van der Waals surface area contributed by atoms with E-state index in [2.05, 4.69) is 39.6 Å². The van der Waals surface area contributed by atoms with Crippen molar-refractivity contribution >= 4 is 23.4 Å². The van der Waals surface area contributed by atoms with Gasteiger partial charge in [0.05, 0.1) is 17.4 Å². The van der Waals surface area contributed by atoms with Crippen LogP contribution in [0.4, 0.5) is 4.39 Å². The van der Waals surface area contributed by atoms with Gasteiger partial charge in [-0.25, -0.2) is 9.37 Å². The summed E-state index contributed by atoms with van der Waals surface area (Å²) in [4.78, 5) is 7.32. The Morgan fingerprint density at radius 2 is 1.68 bits per heavy atom. The van der Waals surface area contributed by atoms with E-state index in [1.807, 2.05) is 30.3 Å². The highest BCUT2D eigenvalue weighted by atomic mass is 35.5. The van der Waals surface area contributed by atoms with Crippen molar-refractivity contribution in [2.75, 3.05) is 0 Å². The molecule has 0 unspecified atom stereocenters. The molecule has 28 heavy (non-hydrogen) atoms. The van der Waals surface area contributed by atoms with E-state index in [-0.39, 0.29) is 18.2 Å². The highest BCUT2D eigenvalue weighted by Gasteiger charge is 2.20. The monoisotopic (exact) mass is 393 g/mol.